The highest BCUT2D eigenvalue weighted by atomic mass is 16.4. The van der Waals surface area contributed by atoms with E-state index in [9.17, 15) is 14.7 Å². The van der Waals surface area contributed by atoms with E-state index < -0.39 is 5.97 Å². The summed E-state index contributed by atoms with van der Waals surface area (Å²) < 4.78 is 1.85. The van der Waals surface area contributed by atoms with E-state index in [1.807, 2.05) is 53.8 Å². The number of nitrogens with zero attached hydrogens (tertiary/aromatic N) is 4. The predicted molar refractivity (Wildman–Crippen MR) is 143 cm³/mol. The van der Waals surface area contributed by atoms with Crippen LogP contribution in [-0.2, 0) is 5.41 Å². The van der Waals surface area contributed by atoms with Crippen molar-refractivity contribution in [3.8, 4) is 11.4 Å². The van der Waals surface area contributed by atoms with Gasteiger partial charge in [-0.1, -0.05) is 24.3 Å². The fourth-order valence-corrected chi connectivity index (χ4v) is 4.84. The topological polar surface area (TPSA) is 136 Å². The summed E-state index contributed by atoms with van der Waals surface area (Å²) in [6.45, 7) is 1.88. The van der Waals surface area contributed by atoms with Crippen LogP contribution in [0.5, 0.6) is 0 Å². The number of hydrogen-bond donors (Lipinski definition) is 3. The number of pyridine rings is 1. The second-order valence-electron chi connectivity index (χ2n) is 9.46. The quantitative estimate of drug-likeness (QED) is 0.285. The third-order valence-corrected chi connectivity index (χ3v) is 7.03. The number of aryl methyl sites for hydroxylation is 1. The van der Waals surface area contributed by atoms with Gasteiger partial charge in [-0.25, -0.2) is 19.7 Å². The molecule has 2 aromatic carbocycles. The van der Waals surface area contributed by atoms with Crippen molar-refractivity contribution in [3.63, 3.8) is 0 Å². The molecule has 5 aromatic rings. The zero-order valence-electron chi connectivity index (χ0n) is 20.5. The van der Waals surface area contributed by atoms with Crippen LogP contribution in [0.2, 0.25) is 0 Å². The van der Waals surface area contributed by atoms with Gasteiger partial charge in [-0.15, -0.1) is 0 Å². The first-order chi connectivity index (χ1) is 18.4. The Kier molecular flexibility index (Phi) is 5.41. The molecule has 0 spiro atoms. The Morgan fingerprint density at radius 2 is 1.76 bits per heavy atom. The lowest BCUT2D eigenvalue weighted by Crippen LogP contribution is -2.16. The molecule has 3 aromatic heterocycles. The first-order valence-corrected chi connectivity index (χ1v) is 12.2. The molecule has 1 aliphatic rings. The number of aromatic nitrogens is 4. The molecule has 1 aliphatic carbocycles. The number of carbonyl (C=O) groups excluding carboxylic acids is 1. The van der Waals surface area contributed by atoms with Crippen molar-refractivity contribution in [3.05, 3.63) is 107 Å². The maximum absolute atomic E-state index is 12.8. The van der Waals surface area contributed by atoms with Gasteiger partial charge in [0.05, 0.1) is 39.4 Å². The summed E-state index contributed by atoms with van der Waals surface area (Å²) in [5.74, 6) is -0.519. The van der Waals surface area contributed by atoms with Crippen LogP contribution in [-0.4, -0.2) is 36.3 Å². The van der Waals surface area contributed by atoms with E-state index in [1.54, 1.807) is 36.7 Å². The van der Waals surface area contributed by atoms with Gasteiger partial charge in [-0.05, 0) is 67.8 Å². The van der Waals surface area contributed by atoms with Gasteiger partial charge in [0.2, 0.25) is 0 Å². The van der Waals surface area contributed by atoms with E-state index >= 15 is 0 Å². The van der Waals surface area contributed by atoms with E-state index in [1.165, 1.54) is 0 Å². The highest BCUT2D eigenvalue weighted by Crippen LogP contribution is 2.52. The SMILES string of the molecule is Cc1nc2cc(C(=O)O)ccn2c1-c1ccnc(C2(c3ccc(C(=O)Nc4ccccc4N)cc3)CC2)n1. The first-order valence-electron chi connectivity index (χ1n) is 12.2. The molecule has 1 amide bonds. The number of carboxylic acids is 1. The lowest BCUT2D eigenvalue weighted by Gasteiger charge is -2.16. The summed E-state index contributed by atoms with van der Waals surface area (Å²) in [5, 5.41) is 12.2. The van der Waals surface area contributed by atoms with Crippen molar-refractivity contribution in [1.29, 1.82) is 0 Å². The third kappa shape index (κ3) is 3.94. The normalized spacial score (nSPS) is 13.8. The minimum absolute atomic E-state index is 0.179. The molecule has 3 heterocycles. The number of amides is 1. The summed E-state index contributed by atoms with van der Waals surface area (Å²) in [4.78, 5) is 38.2. The summed E-state index contributed by atoms with van der Waals surface area (Å²) in [5.41, 5.74) is 11.3. The Morgan fingerprint density at radius 3 is 2.47 bits per heavy atom. The van der Waals surface area contributed by atoms with Gasteiger partial charge in [-0.2, -0.15) is 0 Å². The van der Waals surface area contributed by atoms with Gasteiger partial charge >= 0.3 is 5.97 Å². The van der Waals surface area contributed by atoms with Gasteiger partial charge in [0.15, 0.2) is 0 Å². The van der Waals surface area contributed by atoms with Crippen LogP contribution in [0, 0.1) is 6.92 Å². The number of nitrogens with one attached hydrogen (secondary N) is 1. The highest BCUT2D eigenvalue weighted by Gasteiger charge is 2.48. The summed E-state index contributed by atoms with van der Waals surface area (Å²) in [6, 6.07) is 19.6. The van der Waals surface area contributed by atoms with Crippen molar-refractivity contribution in [2.24, 2.45) is 0 Å². The second kappa shape index (κ2) is 8.81. The van der Waals surface area contributed by atoms with Crippen molar-refractivity contribution in [2.75, 3.05) is 11.1 Å². The van der Waals surface area contributed by atoms with E-state index in [4.69, 9.17) is 10.7 Å². The highest BCUT2D eigenvalue weighted by molar-refractivity contribution is 6.05. The zero-order chi connectivity index (χ0) is 26.4. The number of carbonyl (C=O) groups is 2. The molecule has 188 valence electrons. The number of fused-ring (bicyclic) bond motifs is 1. The van der Waals surface area contributed by atoms with Crippen LogP contribution >= 0.6 is 0 Å². The number of para-hydroxylation sites is 2. The molecular weight excluding hydrogens is 480 g/mol. The molecule has 0 aliphatic heterocycles. The molecule has 0 saturated heterocycles. The van der Waals surface area contributed by atoms with Gasteiger partial charge in [-0.3, -0.25) is 9.20 Å². The van der Waals surface area contributed by atoms with Crippen molar-refractivity contribution < 1.29 is 14.7 Å². The maximum atomic E-state index is 12.8. The first kappa shape index (κ1) is 23.4. The van der Waals surface area contributed by atoms with Crippen LogP contribution in [0.3, 0.4) is 0 Å². The number of imidazole rings is 1. The summed E-state index contributed by atoms with van der Waals surface area (Å²) in [6.07, 6.45) is 5.25. The molecule has 0 bridgehead atoms. The summed E-state index contributed by atoms with van der Waals surface area (Å²) in [7, 11) is 0. The average molecular weight is 505 g/mol. The molecule has 9 nitrogen and oxygen atoms in total. The number of aromatic carboxylic acids is 1. The molecule has 9 heteroatoms. The smallest absolute Gasteiger partial charge is 0.335 e. The van der Waals surface area contributed by atoms with E-state index in [0.717, 1.165) is 29.8 Å². The van der Waals surface area contributed by atoms with Gasteiger partial charge in [0.1, 0.15) is 11.5 Å². The van der Waals surface area contributed by atoms with Crippen molar-refractivity contribution in [2.45, 2.75) is 25.2 Å². The summed E-state index contributed by atoms with van der Waals surface area (Å²) >= 11 is 0. The van der Waals surface area contributed by atoms with Crippen LogP contribution in [0.15, 0.2) is 79.1 Å². The minimum atomic E-state index is -0.998. The van der Waals surface area contributed by atoms with Crippen molar-refractivity contribution in [1.82, 2.24) is 19.4 Å². The van der Waals surface area contributed by atoms with Crippen molar-refractivity contribution >= 4 is 28.9 Å². The van der Waals surface area contributed by atoms with E-state index in [2.05, 4.69) is 15.3 Å². The number of anilines is 2. The van der Waals surface area contributed by atoms with E-state index in [0.29, 0.717) is 34.1 Å². The Labute approximate surface area is 218 Å². The Balaban J connectivity index is 1.29. The molecule has 0 unspecified atom stereocenters. The number of nitrogen functional groups attached to an aromatic ring is 1. The molecule has 1 saturated carbocycles. The van der Waals surface area contributed by atoms with Crippen LogP contribution in [0.4, 0.5) is 11.4 Å². The monoisotopic (exact) mass is 504 g/mol. The van der Waals surface area contributed by atoms with Gasteiger partial charge in [0.25, 0.3) is 5.91 Å². The maximum Gasteiger partial charge on any atom is 0.335 e. The molecule has 4 N–H and O–H groups in total. The minimum Gasteiger partial charge on any atom is -0.478 e. The second-order valence-corrected chi connectivity index (χ2v) is 9.46. The molecular formula is C29H24N6O3. The molecule has 38 heavy (non-hydrogen) atoms. The predicted octanol–water partition coefficient (Wildman–Crippen LogP) is 4.71. The number of carboxylic acid groups (broad SMARTS) is 1. The Hall–Kier alpha value is -5.05. The van der Waals surface area contributed by atoms with Crippen LogP contribution in [0.1, 0.15) is 50.6 Å². The largest absolute Gasteiger partial charge is 0.478 e. The number of benzene rings is 2. The fourth-order valence-electron chi connectivity index (χ4n) is 4.84. The Bertz CT molecular complexity index is 1720. The van der Waals surface area contributed by atoms with Crippen LogP contribution in [0.25, 0.3) is 17.0 Å². The van der Waals surface area contributed by atoms with E-state index in [-0.39, 0.29) is 16.9 Å². The zero-order valence-corrected chi connectivity index (χ0v) is 20.5. The molecule has 0 radical (unpaired) electrons. The van der Waals surface area contributed by atoms with Gasteiger partial charge in [0, 0.05) is 18.0 Å². The lowest BCUT2D eigenvalue weighted by atomic mass is 9.93. The Morgan fingerprint density at radius 1 is 1.00 bits per heavy atom. The number of hydrogen-bond acceptors (Lipinski definition) is 6. The third-order valence-electron chi connectivity index (χ3n) is 7.03. The molecule has 1 fully saturated rings. The number of rotatable bonds is 6. The van der Waals surface area contributed by atoms with Gasteiger partial charge < -0.3 is 16.2 Å². The number of nitrogens with two attached hydrogens (primary N) is 1. The lowest BCUT2D eigenvalue weighted by molar-refractivity contribution is 0.0696. The van der Waals surface area contributed by atoms with Crippen LogP contribution < -0.4 is 11.1 Å². The standard InChI is InChI=1S/C29H24N6O3/c1-17-25(35-15-11-19(27(37)38)16-24(35)32-17)23-10-14-31-28(34-23)29(12-13-29)20-8-6-18(7-9-20)26(36)33-22-5-3-2-4-21(22)30/h2-11,14-16H,12-13,30H2,1H3,(H,33,36)(H,37,38). The molecule has 0 atom stereocenters. The fraction of sp³-hybridized carbons (Fsp3) is 0.138. The average Bonchev–Trinajstić information content (AvgIpc) is 3.67. The molecule has 6 rings (SSSR count).